The Bertz CT molecular complexity index is 1380. The number of ether oxygens (including phenoxy) is 1. The number of aliphatic hydroxyl groups excluding tert-OH is 2. The maximum Gasteiger partial charge on any atom is 0.460 e. The van der Waals surface area contributed by atoms with E-state index < -0.39 is 119 Å². The SMILES string of the molecule is CC(=O)OC(C(CO)C(F)(F)C(F)(F)C(F)(F)C(F)(F)C(F)(F)C(F)(F)C(F)(F)C(F)(F)C(F)(F)C(F)(F)C(F)(F)C(F)(F)F)C(O)[N+](C)(C)CC(=O)O. The second-order valence-electron chi connectivity index (χ2n) is 11.5. The number of carboxylic acids is 1. The Morgan fingerprint density at radius 3 is 1.02 bits per heavy atom. The molecule has 3 unspecified atom stereocenters. The molecule has 0 saturated heterocycles. The van der Waals surface area contributed by atoms with E-state index in [2.05, 4.69) is 4.74 Å². The molecule has 0 amide bonds. The summed E-state index contributed by atoms with van der Waals surface area (Å²) in [7, 11) is 0.788. The predicted molar refractivity (Wildman–Crippen MR) is 117 cm³/mol. The first kappa shape index (κ1) is 51.1. The van der Waals surface area contributed by atoms with Crippen LogP contribution in [0.3, 0.4) is 0 Å². The summed E-state index contributed by atoms with van der Waals surface area (Å²) in [5.74, 6) is -110. The number of esters is 1. The van der Waals surface area contributed by atoms with Crippen molar-refractivity contribution in [2.45, 2.75) is 90.6 Å². The number of hydrogen-bond acceptors (Lipinski definition) is 5. The van der Waals surface area contributed by atoms with Crippen LogP contribution in [-0.2, 0) is 14.3 Å². The first-order chi connectivity index (χ1) is 23.1. The summed E-state index contributed by atoms with van der Waals surface area (Å²) < 4.78 is 347. The molecule has 7 nitrogen and oxygen atoms in total. The highest BCUT2D eigenvalue weighted by Crippen LogP contribution is 2.68. The highest BCUT2D eigenvalue weighted by atomic mass is 19.4. The van der Waals surface area contributed by atoms with E-state index in [-0.39, 0.29) is 6.92 Å². The van der Waals surface area contributed by atoms with Crippen molar-refractivity contribution in [3.8, 4) is 0 Å². The highest BCUT2D eigenvalue weighted by Gasteiger charge is 2.99. The molecule has 0 aliphatic carbocycles. The average Bonchev–Trinajstić information content (AvgIpc) is 2.93. The van der Waals surface area contributed by atoms with Crippen LogP contribution in [0.25, 0.3) is 0 Å². The minimum Gasteiger partial charge on any atom is -0.477 e. The van der Waals surface area contributed by atoms with Crippen LogP contribution in [0, 0.1) is 5.92 Å². The number of carboxylic acid groups (broad SMARTS) is 1. The molecule has 0 aromatic carbocycles. The van der Waals surface area contributed by atoms with Crippen molar-refractivity contribution in [3.05, 3.63) is 0 Å². The van der Waals surface area contributed by atoms with Crippen molar-refractivity contribution in [2.24, 2.45) is 5.92 Å². The van der Waals surface area contributed by atoms with E-state index in [1.54, 1.807) is 0 Å². The van der Waals surface area contributed by atoms with Crippen molar-refractivity contribution < 1.29 is 144 Å². The fraction of sp³-hybridized carbons (Fsp3) is 0.909. The fourth-order valence-corrected chi connectivity index (χ4v) is 4.00. The summed E-state index contributed by atoms with van der Waals surface area (Å²) in [5, 5.41) is 28.3. The standard InChI is InChI=1S/C22H18F25NO6/c1-6(50)54-9(10(53)48(2,3)4-8(51)52)7(5-49)11(23,24)12(25,26)13(27,28)14(29,30)15(31,32)16(33,34)17(35,36)18(37,38)19(39,40)20(41,42)21(43,44)22(45,46)47/h7,9-10,49,53H,4-5H2,1-3H3/p+1. The summed E-state index contributed by atoms with van der Waals surface area (Å²) in [5.41, 5.74) is 0. The molecule has 0 radical (unpaired) electrons. The van der Waals surface area contributed by atoms with Crippen molar-refractivity contribution in [1.82, 2.24) is 0 Å². The Morgan fingerprint density at radius 2 is 0.796 bits per heavy atom. The van der Waals surface area contributed by atoms with Gasteiger partial charge in [-0.3, -0.25) is 9.28 Å². The number of aliphatic hydroxyl groups is 2. The zero-order valence-corrected chi connectivity index (χ0v) is 25.6. The van der Waals surface area contributed by atoms with Gasteiger partial charge in [-0.2, -0.15) is 110 Å². The smallest absolute Gasteiger partial charge is 0.460 e. The maximum atomic E-state index is 15.0. The molecule has 32 heteroatoms. The molecule has 0 spiro atoms. The number of likely N-dealkylation sites (N-methyl/N-ethyl adjacent to an activating group) is 1. The number of carbonyl (C=O) groups is 2. The Labute approximate surface area is 280 Å². The van der Waals surface area contributed by atoms with Crippen LogP contribution in [0.2, 0.25) is 0 Å². The molecular formula is C22H19F25NO6+. The molecule has 3 N–H and O–H groups in total. The lowest BCUT2D eigenvalue weighted by Gasteiger charge is -2.47. The molecule has 0 rings (SSSR count). The first-order valence-electron chi connectivity index (χ1n) is 12.8. The molecule has 3 atom stereocenters. The van der Waals surface area contributed by atoms with E-state index in [1.165, 1.54) is 0 Å². The van der Waals surface area contributed by atoms with E-state index in [4.69, 9.17) is 5.11 Å². The minimum absolute atomic E-state index is 0.0760. The molecule has 0 fully saturated rings. The monoisotopic (exact) mass is 868 g/mol. The van der Waals surface area contributed by atoms with Gasteiger partial charge in [0.2, 0.25) is 6.23 Å². The van der Waals surface area contributed by atoms with Gasteiger partial charge in [-0.15, -0.1) is 0 Å². The van der Waals surface area contributed by atoms with E-state index in [0.717, 1.165) is 0 Å². The van der Waals surface area contributed by atoms with E-state index in [1.807, 2.05) is 0 Å². The van der Waals surface area contributed by atoms with Crippen LogP contribution in [0.4, 0.5) is 110 Å². The number of nitrogens with zero attached hydrogens (tertiary/aromatic N) is 1. The van der Waals surface area contributed by atoms with Gasteiger partial charge in [0, 0.05) is 6.92 Å². The van der Waals surface area contributed by atoms with Gasteiger partial charge >= 0.3 is 83.3 Å². The van der Waals surface area contributed by atoms with Crippen molar-refractivity contribution in [1.29, 1.82) is 0 Å². The van der Waals surface area contributed by atoms with Crippen LogP contribution in [0.15, 0.2) is 0 Å². The third-order valence-corrected chi connectivity index (χ3v) is 7.24. The summed E-state index contributed by atoms with van der Waals surface area (Å²) >= 11 is 0. The van der Waals surface area contributed by atoms with E-state index in [0.29, 0.717) is 14.1 Å². The lowest BCUT2D eigenvalue weighted by atomic mass is 9.81. The quantitative estimate of drug-likeness (QED) is 0.0625. The molecule has 0 aromatic rings. The third kappa shape index (κ3) is 7.02. The Morgan fingerprint density at radius 1 is 0.537 bits per heavy atom. The lowest BCUT2D eigenvalue weighted by Crippen LogP contribution is -2.78. The minimum atomic E-state index is -9.79. The number of quaternary nitrogens is 1. The molecule has 0 aromatic heterocycles. The molecule has 322 valence electrons. The second-order valence-corrected chi connectivity index (χ2v) is 11.5. The number of aliphatic carboxylic acids is 1. The Kier molecular flexibility index (Phi) is 13.2. The van der Waals surface area contributed by atoms with Crippen LogP contribution in [-0.4, -0.2) is 143 Å². The third-order valence-electron chi connectivity index (χ3n) is 7.24. The van der Waals surface area contributed by atoms with E-state index in [9.17, 15) is 121 Å². The average molecular weight is 868 g/mol. The van der Waals surface area contributed by atoms with Crippen LogP contribution in [0.5, 0.6) is 0 Å². The lowest BCUT2D eigenvalue weighted by molar-refractivity contribution is -0.934. The largest absolute Gasteiger partial charge is 0.477 e. The number of carbonyl (C=O) groups excluding carboxylic acids is 1. The van der Waals surface area contributed by atoms with Gasteiger partial charge in [0.25, 0.3) is 0 Å². The van der Waals surface area contributed by atoms with Crippen LogP contribution >= 0.6 is 0 Å². The highest BCUT2D eigenvalue weighted by molar-refractivity contribution is 5.68. The van der Waals surface area contributed by atoms with Gasteiger partial charge in [-0.25, -0.2) is 4.79 Å². The van der Waals surface area contributed by atoms with Gasteiger partial charge < -0.3 is 20.1 Å². The summed E-state index contributed by atoms with van der Waals surface area (Å²) in [6, 6.07) is 0. The topological polar surface area (TPSA) is 104 Å². The molecule has 0 heterocycles. The van der Waals surface area contributed by atoms with Crippen molar-refractivity contribution in [3.63, 3.8) is 0 Å². The van der Waals surface area contributed by atoms with Gasteiger partial charge in [-0.1, -0.05) is 0 Å². The maximum absolute atomic E-state index is 15.0. The van der Waals surface area contributed by atoms with Crippen LogP contribution in [0.1, 0.15) is 6.92 Å². The normalized spacial score (nSPS) is 17.6. The van der Waals surface area contributed by atoms with E-state index >= 15 is 8.78 Å². The Balaban J connectivity index is 7.69. The van der Waals surface area contributed by atoms with Gasteiger partial charge in [0.15, 0.2) is 12.6 Å². The van der Waals surface area contributed by atoms with Gasteiger partial charge in [0.05, 0.1) is 26.6 Å². The van der Waals surface area contributed by atoms with Gasteiger partial charge in [0.1, 0.15) is 0 Å². The zero-order chi connectivity index (χ0) is 44.5. The van der Waals surface area contributed by atoms with Crippen molar-refractivity contribution in [2.75, 3.05) is 27.2 Å². The summed E-state index contributed by atoms with van der Waals surface area (Å²) in [6.07, 6.45) is -15.4. The van der Waals surface area contributed by atoms with Gasteiger partial charge in [-0.05, 0) is 0 Å². The fourth-order valence-electron chi connectivity index (χ4n) is 4.00. The number of hydrogen-bond donors (Lipinski definition) is 3. The van der Waals surface area contributed by atoms with Crippen LogP contribution < -0.4 is 0 Å². The second kappa shape index (κ2) is 13.9. The summed E-state index contributed by atoms with van der Waals surface area (Å²) in [6.45, 7) is -4.53. The Hall–Kier alpha value is -2.93. The zero-order valence-electron chi connectivity index (χ0n) is 25.6. The number of alkyl halides is 25. The molecule has 0 bridgehead atoms. The predicted octanol–water partition coefficient (Wildman–Crippen LogP) is 6.56. The first-order valence-corrected chi connectivity index (χ1v) is 12.8. The number of halogens is 25. The molecule has 54 heavy (non-hydrogen) atoms. The molecule has 0 aliphatic rings. The number of rotatable bonds is 18. The summed E-state index contributed by atoms with van der Waals surface area (Å²) in [4.78, 5) is 22.3. The molecule has 0 aliphatic heterocycles. The van der Waals surface area contributed by atoms with Crippen molar-refractivity contribution >= 4 is 11.9 Å². The molecule has 0 saturated carbocycles. The molecular weight excluding hydrogens is 849 g/mol.